The third-order valence-electron chi connectivity index (χ3n) is 5.08. The minimum atomic E-state index is -2.26. The van der Waals surface area contributed by atoms with Gasteiger partial charge >= 0.3 is 11.9 Å². The summed E-state index contributed by atoms with van der Waals surface area (Å²) in [7, 11) is 0. The Morgan fingerprint density at radius 2 is 1.89 bits per heavy atom. The molecule has 2 aromatic rings. The van der Waals surface area contributed by atoms with Crippen molar-refractivity contribution in [2.75, 3.05) is 0 Å². The Morgan fingerprint density at radius 3 is 2.50 bits per heavy atom. The number of carboxylic acids is 2. The van der Waals surface area contributed by atoms with Crippen molar-refractivity contribution < 1.29 is 29.3 Å². The summed E-state index contributed by atoms with van der Waals surface area (Å²) in [5.74, 6) is -3.89. The number of aliphatic hydroxyl groups is 1. The van der Waals surface area contributed by atoms with Crippen molar-refractivity contribution >= 4 is 23.3 Å². The van der Waals surface area contributed by atoms with Crippen molar-refractivity contribution in [1.82, 2.24) is 4.98 Å². The molecule has 0 spiro atoms. The van der Waals surface area contributed by atoms with E-state index in [0.717, 1.165) is 10.4 Å². The normalized spacial score (nSPS) is 26.9. The molecule has 0 aliphatic heterocycles. The van der Waals surface area contributed by atoms with Crippen molar-refractivity contribution in [2.45, 2.75) is 37.7 Å². The van der Waals surface area contributed by atoms with E-state index in [4.69, 9.17) is 0 Å². The van der Waals surface area contributed by atoms with Gasteiger partial charge in [-0.2, -0.15) is 0 Å². The maximum Gasteiger partial charge on any atom is 0.336 e. The smallest absolute Gasteiger partial charge is 0.336 e. The topological polar surface area (TPSA) is 108 Å². The van der Waals surface area contributed by atoms with Gasteiger partial charge in [0.15, 0.2) is 5.60 Å². The molecule has 0 saturated heterocycles. The lowest BCUT2D eigenvalue weighted by Crippen LogP contribution is -2.51. The summed E-state index contributed by atoms with van der Waals surface area (Å²) in [5.41, 5.74) is -2.76. The van der Waals surface area contributed by atoms with Crippen LogP contribution in [0.25, 0.3) is 0 Å². The van der Waals surface area contributed by atoms with Crippen LogP contribution in [0.15, 0.2) is 42.6 Å². The second-order valence-corrected chi connectivity index (χ2v) is 8.40. The van der Waals surface area contributed by atoms with E-state index in [-0.39, 0.29) is 5.82 Å². The number of carbonyl (C=O) groups is 2. The number of benzene rings is 1. The van der Waals surface area contributed by atoms with Gasteiger partial charge in [-0.25, -0.2) is 14.2 Å². The van der Waals surface area contributed by atoms with Gasteiger partial charge in [0.1, 0.15) is 10.8 Å². The molecule has 0 amide bonds. The number of aryl methyl sites for hydroxylation is 2. The lowest BCUT2D eigenvalue weighted by atomic mass is 9.68. The van der Waals surface area contributed by atoms with Gasteiger partial charge in [0, 0.05) is 17.5 Å². The van der Waals surface area contributed by atoms with Gasteiger partial charge in [0.25, 0.3) is 0 Å². The Morgan fingerprint density at radius 1 is 1.21 bits per heavy atom. The summed E-state index contributed by atoms with van der Waals surface area (Å²) in [5, 5.41) is 30.2. The fourth-order valence-electron chi connectivity index (χ4n) is 3.34. The zero-order chi connectivity index (χ0) is 20.5. The molecule has 1 heterocycles. The number of nitrogens with zero attached hydrogens (tertiary/aromatic N) is 1. The Balaban J connectivity index is 1.81. The van der Waals surface area contributed by atoms with Gasteiger partial charge in [0.2, 0.25) is 0 Å². The van der Waals surface area contributed by atoms with Gasteiger partial charge in [-0.15, -0.1) is 11.3 Å². The number of hydrogen-bond acceptors (Lipinski definition) is 5. The zero-order valence-corrected chi connectivity index (χ0v) is 15.9. The molecule has 0 bridgehead atoms. The lowest BCUT2D eigenvalue weighted by Gasteiger charge is -2.38. The first kappa shape index (κ1) is 20.2. The Bertz CT molecular complexity index is 925. The van der Waals surface area contributed by atoms with E-state index in [1.165, 1.54) is 42.5 Å². The summed E-state index contributed by atoms with van der Waals surface area (Å²) >= 11 is 1.28. The molecular formula is C20H20FNO5S. The van der Waals surface area contributed by atoms with Crippen LogP contribution in [0.5, 0.6) is 0 Å². The van der Waals surface area contributed by atoms with Gasteiger partial charge in [-0.05, 0) is 37.5 Å². The predicted octanol–water partition coefficient (Wildman–Crippen LogP) is 3.02. The number of aromatic nitrogens is 1. The average Bonchev–Trinajstić information content (AvgIpc) is 3.09. The van der Waals surface area contributed by atoms with Crippen LogP contribution in [0.1, 0.15) is 34.7 Å². The van der Waals surface area contributed by atoms with Crippen LogP contribution in [0.3, 0.4) is 0 Å². The number of halogens is 1. The Labute approximate surface area is 165 Å². The number of thiazole rings is 1. The van der Waals surface area contributed by atoms with E-state index in [1.807, 2.05) is 0 Å². The molecule has 1 aliphatic rings. The summed E-state index contributed by atoms with van der Waals surface area (Å²) in [6.07, 6.45) is 5.34. The highest BCUT2D eigenvalue weighted by atomic mass is 32.1. The minimum Gasteiger partial charge on any atom is -0.481 e. The van der Waals surface area contributed by atoms with E-state index in [1.54, 1.807) is 18.3 Å². The van der Waals surface area contributed by atoms with E-state index in [2.05, 4.69) is 4.98 Å². The van der Waals surface area contributed by atoms with Crippen LogP contribution in [-0.4, -0.2) is 37.8 Å². The first-order chi connectivity index (χ1) is 13.1. The minimum absolute atomic E-state index is 0.297. The molecule has 1 aliphatic carbocycles. The van der Waals surface area contributed by atoms with Crippen LogP contribution in [0.4, 0.5) is 4.39 Å². The van der Waals surface area contributed by atoms with Crippen LogP contribution < -0.4 is 0 Å². The zero-order valence-electron chi connectivity index (χ0n) is 15.1. The molecule has 0 fully saturated rings. The van der Waals surface area contributed by atoms with Crippen molar-refractivity contribution in [3.8, 4) is 0 Å². The Kier molecular flexibility index (Phi) is 5.36. The molecular weight excluding hydrogens is 385 g/mol. The number of carboxylic acid groups (broad SMARTS) is 2. The lowest BCUT2D eigenvalue weighted by molar-refractivity contribution is -0.167. The van der Waals surface area contributed by atoms with Gasteiger partial charge in [-0.1, -0.05) is 24.3 Å². The molecule has 148 valence electrons. The highest BCUT2D eigenvalue weighted by Gasteiger charge is 2.54. The number of hydrogen-bond donors (Lipinski definition) is 3. The largest absolute Gasteiger partial charge is 0.481 e. The molecule has 6 nitrogen and oxygen atoms in total. The molecule has 0 saturated carbocycles. The fourth-order valence-corrected chi connectivity index (χ4v) is 4.42. The predicted molar refractivity (Wildman–Crippen MR) is 101 cm³/mol. The van der Waals surface area contributed by atoms with Gasteiger partial charge in [-0.3, -0.25) is 4.79 Å². The first-order valence-electron chi connectivity index (χ1n) is 8.72. The van der Waals surface area contributed by atoms with Crippen LogP contribution >= 0.6 is 11.3 Å². The standard InChI is InChI=1S/C20H20FNO5S/c1-19(17(23)24)9-8-15(20(27,11-19)18(25)26)16-22-10-14(28-16)7-4-12-2-5-13(21)6-3-12/h2-3,5-6,8-10,15,27H,4,7,11H2,1H3,(H,23,24)(H,25,26). The van der Waals surface area contributed by atoms with Crippen LogP contribution in [-0.2, 0) is 22.4 Å². The average molecular weight is 405 g/mol. The molecule has 0 radical (unpaired) electrons. The van der Waals surface area contributed by atoms with Crippen molar-refractivity contribution in [3.05, 3.63) is 63.9 Å². The summed E-state index contributed by atoms with van der Waals surface area (Å²) in [6, 6.07) is 6.20. The molecule has 1 aromatic carbocycles. The molecule has 3 unspecified atom stereocenters. The highest BCUT2D eigenvalue weighted by molar-refractivity contribution is 7.11. The third kappa shape index (κ3) is 3.83. The van der Waals surface area contributed by atoms with Gasteiger partial charge in [0.05, 0.1) is 11.3 Å². The highest BCUT2D eigenvalue weighted by Crippen LogP contribution is 2.45. The van der Waals surface area contributed by atoms with Crippen molar-refractivity contribution in [2.24, 2.45) is 5.41 Å². The van der Waals surface area contributed by atoms with Crippen molar-refractivity contribution in [3.63, 3.8) is 0 Å². The fraction of sp³-hybridized carbons (Fsp3) is 0.350. The molecule has 1 aromatic heterocycles. The van der Waals surface area contributed by atoms with E-state index < -0.39 is 35.3 Å². The van der Waals surface area contributed by atoms with Gasteiger partial charge < -0.3 is 15.3 Å². The monoisotopic (exact) mass is 405 g/mol. The Hall–Kier alpha value is -2.58. The quantitative estimate of drug-likeness (QED) is 0.638. The SMILES string of the molecule is CC1(C(=O)O)C=CC(c2ncc(CCc3ccc(F)cc3)s2)C(O)(C(=O)O)C1. The van der Waals surface area contributed by atoms with Crippen molar-refractivity contribution in [1.29, 1.82) is 0 Å². The van der Waals surface area contributed by atoms with E-state index >= 15 is 0 Å². The molecule has 3 rings (SSSR count). The summed E-state index contributed by atoms with van der Waals surface area (Å²) in [4.78, 5) is 28.4. The summed E-state index contributed by atoms with van der Waals surface area (Å²) in [6.45, 7) is 1.38. The number of rotatable bonds is 6. The molecule has 8 heteroatoms. The van der Waals surface area contributed by atoms with E-state index in [9.17, 15) is 29.3 Å². The maximum atomic E-state index is 13.0. The van der Waals surface area contributed by atoms with E-state index in [0.29, 0.717) is 17.8 Å². The molecule has 3 atom stereocenters. The second kappa shape index (κ2) is 7.44. The second-order valence-electron chi connectivity index (χ2n) is 7.26. The van der Waals surface area contributed by atoms with Crippen LogP contribution in [0.2, 0.25) is 0 Å². The third-order valence-corrected chi connectivity index (χ3v) is 6.22. The molecule has 28 heavy (non-hydrogen) atoms. The number of aliphatic carboxylic acids is 2. The van der Waals surface area contributed by atoms with Crippen LogP contribution in [0, 0.1) is 11.2 Å². The maximum absolute atomic E-state index is 13.0. The first-order valence-corrected chi connectivity index (χ1v) is 9.53. The molecule has 3 N–H and O–H groups in total. The summed E-state index contributed by atoms with van der Waals surface area (Å²) < 4.78 is 13.0.